The molecule has 2 rings (SSSR count). The highest BCUT2D eigenvalue weighted by Gasteiger charge is 2.08. The van der Waals surface area contributed by atoms with Gasteiger partial charge in [-0.1, -0.05) is 0 Å². The number of anilines is 1. The van der Waals surface area contributed by atoms with Crippen molar-refractivity contribution in [1.29, 1.82) is 0 Å². The highest BCUT2D eigenvalue weighted by molar-refractivity contribution is 7.92. The summed E-state index contributed by atoms with van der Waals surface area (Å²) in [4.78, 5) is 7.91. The maximum absolute atomic E-state index is 11.2. The van der Waals surface area contributed by atoms with E-state index in [0.717, 1.165) is 17.4 Å². The highest BCUT2D eigenvalue weighted by atomic mass is 32.2. The lowest BCUT2D eigenvalue weighted by atomic mass is 10.1. The summed E-state index contributed by atoms with van der Waals surface area (Å²) >= 11 is 0. The largest absolute Gasteiger partial charge is 0.283 e. The Morgan fingerprint density at radius 2 is 1.71 bits per heavy atom. The molecular weight excluding hydrogens is 238 g/mol. The minimum absolute atomic E-state index is 0.508. The van der Waals surface area contributed by atoms with Crippen LogP contribution in [0.15, 0.2) is 43.0 Å². The molecule has 0 aliphatic carbocycles. The van der Waals surface area contributed by atoms with Crippen LogP contribution < -0.4 is 4.72 Å². The normalized spacial score (nSPS) is 11.1. The zero-order valence-electron chi connectivity index (χ0n) is 9.16. The van der Waals surface area contributed by atoms with Gasteiger partial charge in [0.25, 0.3) is 0 Å². The van der Waals surface area contributed by atoms with Gasteiger partial charge in [0.05, 0.1) is 11.9 Å². The average Bonchev–Trinajstić information content (AvgIpc) is 2.29. The molecule has 0 aliphatic heterocycles. The van der Waals surface area contributed by atoms with Crippen molar-refractivity contribution in [2.75, 3.05) is 11.0 Å². The van der Waals surface area contributed by atoms with E-state index >= 15 is 0 Å². The molecule has 5 nitrogen and oxygen atoms in total. The van der Waals surface area contributed by atoms with E-state index in [1.165, 1.54) is 6.20 Å². The lowest BCUT2D eigenvalue weighted by molar-refractivity contribution is 0.607. The maximum atomic E-state index is 11.2. The van der Waals surface area contributed by atoms with Gasteiger partial charge in [-0.15, -0.1) is 0 Å². The van der Waals surface area contributed by atoms with E-state index in [-0.39, 0.29) is 0 Å². The number of rotatable bonds is 3. The van der Waals surface area contributed by atoms with E-state index in [1.54, 1.807) is 36.8 Å². The van der Waals surface area contributed by atoms with Gasteiger partial charge in [-0.2, -0.15) is 0 Å². The third-order valence-corrected chi connectivity index (χ3v) is 2.70. The molecule has 0 unspecified atom stereocenters. The Labute approximate surface area is 99.6 Å². The first-order chi connectivity index (χ1) is 8.06. The first kappa shape index (κ1) is 11.5. The fraction of sp³-hybridized carbons (Fsp3) is 0.0909. The summed E-state index contributed by atoms with van der Waals surface area (Å²) in [5.74, 6) is 0. The van der Waals surface area contributed by atoms with E-state index in [2.05, 4.69) is 14.7 Å². The first-order valence-electron chi connectivity index (χ1n) is 4.88. The van der Waals surface area contributed by atoms with Gasteiger partial charge in [-0.05, 0) is 23.8 Å². The smallest absolute Gasteiger partial charge is 0.229 e. The Morgan fingerprint density at radius 3 is 2.35 bits per heavy atom. The van der Waals surface area contributed by atoms with E-state index in [0.29, 0.717) is 5.69 Å². The van der Waals surface area contributed by atoms with Crippen molar-refractivity contribution in [2.45, 2.75) is 0 Å². The van der Waals surface area contributed by atoms with Gasteiger partial charge in [-0.3, -0.25) is 14.7 Å². The molecular formula is C11H11N3O2S. The quantitative estimate of drug-likeness (QED) is 0.895. The van der Waals surface area contributed by atoms with Crippen LogP contribution in [0, 0.1) is 0 Å². The Kier molecular flexibility index (Phi) is 3.06. The molecule has 0 fully saturated rings. The summed E-state index contributed by atoms with van der Waals surface area (Å²) in [5.41, 5.74) is 2.09. The van der Waals surface area contributed by atoms with Crippen LogP contribution in [0.4, 0.5) is 5.69 Å². The van der Waals surface area contributed by atoms with Crippen molar-refractivity contribution in [3.05, 3.63) is 43.0 Å². The van der Waals surface area contributed by atoms with Crippen molar-refractivity contribution in [3.63, 3.8) is 0 Å². The summed E-state index contributed by atoms with van der Waals surface area (Å²) in [7, 11) is -3.30. The zero-order chi connectivity index (χ0) is 12.3. The summed E-state index contributed by atoms with van der Waals surface area (Å²) in [5, 5.41) is 0. The summed E-state index contributed by atoms with van der Waals surface area (Å²) in [6, 6.07) is 5.21. The van der Waals surface area contributed by atoms with Gasteiger partial charge in [0, 0.05) is 30.4 Å². The van der Waals surface area contributed by atoms with Gasteiger partial charge >= 0.3 is 0 Å². The van der Waals surface area contributed by atoms with Crippen LogP contribution in [-0.4, -0.2) is 24.6 Å². The van der Waals surface area contributed by atoms with Gasteiger partial charge < -0.3 is 0 Å². The fourth-order valence-corrected chi connectivity index (χ4v) is 2.02. The number of nitrogens with zero attached hydrogens (tertiary/aromatic N) is 2. The molecule has 0 spiro atoms. The third kappa shape index (κ3) is 3.01. The minimum atomic E-state index is -3.30. The molecule has 2 heterocycles. The summed E-state index contributed by atoms with van der Waals surface area (Å²) in [6.45, 7) is 0. The Morgan fingerprint density at radius 1 is 1.06 bits per heavy atom. The molecule has 6 heteroatoms. The predicted molar refractivity (Wildman–Crippen MR) is 65.9 cm³/mol. The monoisotopic (exact) mass is 249 g/mol. The Bertz CT molecular complexity index is 612. The summed E-state index contributed by atoms with van der Waals surface area (Å²) < 4.78 is 24.9. The topological polar surface area (TPSA) is 72.0 Å². The number of aromatic nitrogens is 2. The van der Waals surface area contributed by atoms with Gasteiger partial charge in [0.15, 0.2) is 0 Å². The third-order valence-electron chi connectivity index (χ3n) is 2.11. The van der Waals surface area contributed by atoms with Gasteiger partial charge in [-0.25, -0.2) is 8.42 Å². The molecule has 0 radical (unpaired) electrons. The van der Waals surface area contributed by atoms with Crippen LogP contribution >= 0.6 is 0 Å². The molecule has 1 N–H and O–H groups in total. The molecule has 0 saturated carbocycles. The van der Waals surface area contributed by atoms with E-state index in [9.17, 15) is 8.42 Å². The first-order valence-corrected chi connectivity index (χ1v) is 6.77. The standard InChI is InChI=1S/C11H11N3O2S/c1-17(15,16)14-11-4-7-13-8-10(11)9-2-5-12-6-3-9/h2-8H,1H3,(H,13,14). The van der Waals surface area contributed by atoms with Crippen molar-refractivity contribution >= 4 is 15.7 Å². The van der Waals surface area contributed by atoms with E-state index < -0.39 is 10.0 Å². The lowest BCUT2D eigenvalue weighted by Crippen LogP contribution is -2.10. The number of hydrogen-bond acceptors (Lipinski definition) is 4. The average molecular weight is 249 g/mol. The maximum Gasteiger partial charge on any atom is 0.229 e. The van der Waals surface area contributed by atoms with Crippen LogP contribution in [0.3, 0.4) is 0 Å². The molecule has 0 amide bonds. The zero-order valence-corrected chi connectivity index (χ0v) is 9.98. The minimum Gasteiger partial charge on any atom is -0.283 e. The van der Waals surface area contributed by atoms with Crippen molar-refractivity contribution in [1.82, 2.24) is 9.97 Å². The van der Waals surface area contributed by atoms with Crippen LogP contribution in [0.1, 0.15) is 0 Å². The number of pyridine rings is 2. The number of nitrogens with one attached hydrogen (secondary N) is 1. The molecule has 0 aromatic carbocycles. The second-order valence-corrected chi connectivity index (χ2v) is 5.28. The van der Waals surface area contributed by atoms with Crippen molar-refractivity contribution < 1.29 is 8.42 Å². The highest BCUT2D eigenvalue weighted by Crippen LogP contribution is 2.26. The lowest BCUT2D eigenvalue weighted by Gasteiger charge is -2.09. The van der Waals surface area contributed by atoms with Crippen LogP contribution in [0.5, 0.6) is 0 Å². The van der Waals surface area contributed by atoms with Gasteiger partial charge in [0.1, 0.15) is 0 Å². The molecule has 88 valence electrons. The van der Waals surface area contributed by atoms with Crippen LogP contribution in [0.25, 0.3) is 11.1 Å². The molecule has 17 heavy (non-hydrogen) atoms. The number of sulfonamides is 1. The van der Waals surface area contributed by atoms with Crippen LogP contribution in [-0.2, 0) is 10.0 Å². The van der Waals surface area contributed by atoms with E-state index in [1.807, 2.05) is 0 Å². The molecule has 2 aromatic rings. The van der Waals surface area contributed by atoms with Gasteiger partial charge in [0.2, 0.25) is 10.0 Å². The molecule has 0 bridgehead atoms. The Balaban J connectivity index is 2.49. The van der Waals surface area contributed by atoms with Crippen molar-refractivity contribution in [3.8, 4) is 11.1 Å². The SMILES string of the molecule is CS(=O)(=O)Nc1ccncc1-c1ccncc1. The second-order valence-electron chi connectivity index (χ2n) is 3.53. The summed E-state index contributed by atoms with van der Waals surface area (Å²) in [6.07, 6.45) is 7.56. The predicted octanol–water partition coefficient (Wildman–Crippen LogP) is 1.52. The van der Waals surface area contributed by atoms with E-state index in [4.69, 9.17) is 0 Å². The Hall–Kier alpha value is -1.95. The number of hydrogen-bond donors (Lipinski definition) is 1. The molecule has 0 saturated heterocycles. The fourth-order valence-electron chi connectivity index (χ4n) is 1.44. The molecule has 0 atom stereocenters. The second kappa shape index (κ2) is 4.50. The van der Waals surface area contributed by atoms with Crippen LogP contribution in [0.2, 0.25) is 0 Å². The van der Waals surface area contributed by atoms with Crippen molar-refractivity contribution in [2.24, 2.45) is 0 Å². The molecule has 2 aromatic heterocycles. The molecule has 0 aliphatic rings.